The van der Waals surface area contributed by atoms with E-state index >= 15 is 0 Å². The maximum atomic E-state index is 6.03. The van der Waals surface area contributed by atoms with Crippen molar-refractivity contribution >= 4 is 11.6 Å². The van der Waals surface area contributed by atoms with Gasteiger partial charge in [-0.2, -0.15) is 5.10 Å². The third-order valence-corrected chi connectivity index (χ3v) is 5.61. The third kappa shape index (κ3) is 3.71. The number of halogens is 1. The van der Waals surface area contributed by atoms with Gasteiger partial charge < -0.3 is 9.73 Å². The lowest BCUT2D eigenvalue weighted by molar-refractivity contribution is 0.418. The third-order valence-electron chi connectivity index (χ3n) is 5.36. The van der Waals surface area contributed by atoms with Crippen molar-refractivity contribution in [3.05, 3.63) is 89.0 Å². The lowest BCUT2D eigenvalue weighted by atomic mass is 9.93. The summed E-state index contributed by atoms with van der Waals surface area (Å²) < 4.78 is 7.99. The zero-order valence-electron chi connectivity index (χ0n) is 15.9. The highest BCUT2D eigenvalue weighted by Gasteiger charge is 2.25. The van der Waals surface area contributed by atoms with Crippen LogP contribution in [0.25, 0.3) is 17.1 Å². The molecule has 0 saturated carbocycles. The molecule has 0 amide bonds. The van der Waals surface area contributed by atoms with E-state index in [1.54, 1.807) is 6.20 Å². The molecule has 5 nitrogen and oxygen atoms in total. The second-order valence-electron chi connectivity index (χ2n) is 7.24. The molecule has 29 heavy (non-hydrogen) atoms. The lowest BCUT2D eigenvalue weighted by Crippen LogP contribution is -2.25. The molecule has 3 aromatic heterocycles. The van der Waals surface area contributed by atoms with E-state index in [4.69, 9.17) is 16.0 Å². The largest absolute Gasteiger partial charge is 0.460 e. The number of rotatable bonds is 5. The number of fused-ring (bicyclic) bond motifs is 1. The van der Waals surface area contributed by atoms with Gasteiger partial charge in [0.15, 0.2) is 5.82 Å². The molecule has 1 aliphatic rings. The average molecular weight is 405 g/mol. The van der Waals surface area contributed by atoms with Crippen LogP contribution in [-0.2, 0) is 13.0 Å². The molecule has 0 bridgehead atoms. The van der Waals surface area contributed by atoms with Gasteiger partial charge in [0.25, 0.3) is 0 Å². The van der Waals surface area contributed by atoms with E-state index in [0.29, 0.717) is 6.54 Å². The van der Waals surface area contributed by atoms with Crippen molar-refractivity contribution in [2.45, 2.75) is 31.8 Å². The van der Waals surface area contributed by atoms with Crippen LogP contribution in [0.2, 0.25) is 5.02 Å². The minimum Gasteiger partial charge on any atom is -0.460 e. The first-order valence-electron chi connectivity index (χ1n) is 9.84. The zero-order valence-corrected chi connectivity index (χ0v) is 16.6. The Morgan fingerprint density at radius 2 is 2.00 bits per heavy atom. The first-order chi connectivity index (χ1) is 14.3. The molecule has 0 spiro atoms. The van der Waals surface area contributed by atoms with Crippen LogP contribution in [0.5, 0.6) is 0 Å². The Kier molecular flexibility index (Phi) is 4.92. The molecule has 0 fully saturated rings. The molecule has 6 heteroatoms. The molecular weight excluding hydrogens is 384 g/mol. The molecule has 0 unspecified atom stereocenters. The highest BCUT2D eigenvalue weighted by atomic mass is 35.5. The minimum atomic E-state index is 0.264. The number of hydrogen-bond acceptors (Lipinski definition) is 4. The van der Waals surface area contributed by atoms with Gasteiger partial charge in [0.2, 0.25) is 0 Å². The fraction of sp³-hybridized carbons (Fsp3) is 0.217. The van der Waals surface area contributed by atoms with Crippen LogP contribution in [0.4, 0.5) is 0 Å². The van der Waals surface area contributed by atoms with E-state index in [-0.39, 0.29) is 6.04 Å². The highest BCUT2D eigenvalue weighted by molar-refractivity contribution is 6.30. The van der Waals surface area contributed by atoms with E-state index < -0.39 is 0 Å². The summed E-state index contributed by atoms with van der Waals surface area (Å²) in [6.07, 6.45) is 7.01. The number of pyridine rings is 1. The predicted octanol–water partition coefficient (Wildman–Crippen LogP) is 5.35. The van der Waals surface area contributed by atoms with Crippen LogP contribution < -0.4 is 5.32 Å². The molecule has 1 aliphatic carbocycles. The molecule has 0 radical (unpaired) electrons. The maximum absolute atomic E-state index is 6.03. The van der Waals surface area contributed by atoms with Crippen LogP contribution in [-0.4, -0.2) is 14.8 Å². The first kappa shape index (κ1) is 18.2. The van der Waals surface area contributed by atoms with E-state index in [2.05, 4.69) is 15.4 Å². The Morgan fingerprint density at radius 3 is 2.83 bits per heavy atom. The molecular formula is C23H21ClN4O. The maximum Gasteiger partial charge on any atom is 0.153 e. The summed E-state index contributed by atoms with van der Waals surface area (Å²) in [5, 5.41) is 8.97. The standard InChI is InChI=1S/C23H21ClN4O/c24-17-9-7-16(8-10-17)22-12-11-18(29-22)14-26-20-4-3-5-21-19(20)15-27-28(21)23-6-1-2-13-25-23/h1-2,6-13,15,20,26H,3-5,14H2/t20-/m1/s1. The zero-order chi connectivity index (χ0) is 19.6. The molecule has 1 atom stereocenters. The number of benzene rings is 1. The number of nitrogens with zero attached hydrogens (tertiary/aromatic N) is 3. The quantitative estimate of drug-likeness (QED) is 0.487. The Bertz CT molecular complexity index is 1100. The second kappa shape index (κ2) is 7.85. The summed E-state index contributed by atoms with van der Waals surface area (Å²) in [6, 6.07) is 17.9. The minimum absolute atomic E-state index is 0.264. The Labute approximate surface area is 174 Å². The number of furan rings is 1. The van der Waals surface area contributed by atoms with E-state index in [1.807, 2.05) is 65.5 Å². The van der Waals surface area contributed by atoms with Gasteiger partial charge in [-0.3, -0.25) is 0 Å². The van der Waals surface area contributed by atoms with Gasteiger partial charge in [-0.1, -0.05) is 17.7 Å². The van der Waals surface area contributed by atoms with Crippen molar-refractivity contribution in [3.63, 3.8) is 0 Å². The van der Waals surface area contributed by atoms with Crippen molar-refractivity contribution in [2.24, 2.45) is 0 Å². The molecule has 1 aromatic carbocycles. The van der Waals surface area contributed by atoms with Crippen LogP contribution in [0.15, 0.2) is 71.4 Å². The average Bonchev–Trinajstić information content (AvgIpc) is 3.41. The summed E-state index contributed by atoms with van der Waals surface area (Å²) in [5.74, 6) is 2.64. The van der Waals surface area contributed by atoms with E-state index in [1.165, 1.54) is 11.3 Å². The molecule has 0 saturated heterocycles. The number of nitrogens with one attached hydrogen (secondary N) is 1. The van der Waals surface area contributed by atoms with Crippen LogP contribution >= 0.6 is 11.6 Å². The summed E-state index contributed by atoms with van der Waals surface area (Å²) in [4.78, 5) is 4.44. The molecule has 0 aliphatic heterocycles. The van der Waals surface area contributed by atoms with Crippen molar-refractivity contribution in [1.29, 1.82) is 0 Å². The topological polar surface area (TPSA) is 55.9 Å². The van der Waals surface area contributed by atoms with Crippen molar-refractivity contribution in [2.75, 3.05) is 0 Å². The molecule has 3 heterocycles. The fourth-order valence-corrected chi connectivity index (χ4v) is 4.04. The number of aromatic nitrogens is 3. The van der Waals surface area contributed by atoms with Crippen molar-refractivity contribution in [3.8, 4) is 17.1 Å². The van der Waals surface area contributed by atoms with Gasteiger partial charge in [0.1, 0.15) is 11.5 Å². The SMILES string of the molecule is Clc1ccc(-c2ccc(CN[C@@H]3CCCc4c3cnn4-c3ccccn3)o2)cc1. The Morgan fingerprint density at radius 1 is 1.10 bits per heavy atom. The summed E-state index contributed by atoms with van der Waals surface area (Å²) in [5.41, 5.74) is 3.53. The van der Waals surface area contributed by atoms with Crippen molar-refractivity contribution in [1.82, 2.24) is 20.1 Å². The predicted molar refractivity (Wildman–Crippen MR) is 113 cm³/mol. The van der Waals surface area contributed by atoms with Gasteiger partial charge in [0, 0.05) is 28.4 Å². The van der Waals surface area contributed by atoms with Gasteiger partial charge in [-0.15, -0.1) is 0 Å². The summed E-state index contributed by atoms with van der Waals surface area (Å²) in [6.45, 7) is 0.673. The highest BCUT2D eigenvalue weighted by Crippen LogP contribution is 2.31. The Hall–Kier alpha value is -2.89. The second-order valence-corrected chi connectivity index (χ2v) is 7.68. The van der Waals surface area contributed by atoms with Gasteiger partial charge in [0.05, 0.1) is 18.4 Å². The number of hydrogen-bond donors (Lipinski definition) is 1. The normalized spacial score (nSPS) is 16.0. The van der Waals surface area contributed by atoms with Crippen molar-refractivity contribution < 1.29 is 4.42 Å². The van der Waals surface area contributed by atoms with Gasteiger partial charge in [-0.25, -0.2) is 9.67 Å². The Balaban J connectivity index is 1.31. The monoisotopic (exact) mass is 404 g/mol. The van der Waals surface area contributed by atoms with Crippen LogP contribution in [0.3, 0.4) is 0 Å². The van der Waals surface area contributed by atoms with Crippen LogP contribution in [0, 0.1) is 0 Å². The molecule has 146 valence electrons. The van der Waals surface area contributed by atoms with Gasteiger partial charge in [-0.05, 0) is 67.8 Å². The van der Waals surface area contributed by atoms with E-state index in [0.717, 1.165) is 47.2 Å². The smallest absolute Gasteiger partial charge is 0.153 e. The molecule has 4 aromatic rings. The first-order valence-corrected chi connectivity index (χ1v) is 10.2. The fourth-order valence-electron chi connectivity index (χ4n) is 3.91. The van der Waals surface area contributed by atoms with E-state index in [9.17, 15) is 0 Å². The van der Waals surface area contributed by atoms with Crippen LogP contribution in [0.1, 0.15) is 35.9 Å². The molecule has 1 N–H and O–H groups in total. The van der Waals surface area contributed by atoms with Gasteiger partial charge >= 0.3 is 0 Å². The molecule has 5 rings (SSSR count). The summed E-state index contributed by atoms with van der Waals surface area (Å²) in [7, 11) is 0. The summed E-state index contributed by atoms with van der Waals surface area (Å²) >= 11 is 5.97. The lowest BCUT2D eigenvalue weighted by Gasteiger charge is -2.23.